The lowest BCUT2D eigenvalue weighted by atomic mass is 9.98. The van der Waals surface area contributed by atoms with Crippen LogP contribution in [0.5, 0.6) is 5.75 Å². The maximum Gasteiger partial charge on any atom is 0.240 e. The molecule has 0 saturated heterocycles. The highest BCUT2D eigenvalue weighted by molar-refractivity contribution is 14.0. The molecule has 2 rings (SSSR count). The Balaban J connectivity index is 0.00000450. The van der Waals surface area contributed by atoms with Crippen LogP contribution in [0.3, 0.4) is 0 Å². The second-order valence-electron chi connectivity index (χ2n) is 6.67. The molecule has 0 radical (unpaired) electrons. The van der Waals surface area contributed by atoms with Gasteiger partial charge in [0.15, 0.2) is 5.96 Å². The van der Waals surface area contributed by atoms with Gasteiger partial charge in [0.2, 0.25) is 10.0 Å². The quantitative estimate of drug-likeness (QED) is 0.256. The van der Waals surface area contributed by atoms with Crippen LogP contribution in [-0.2, 0) is 16.6 Å². The Bertz CT molecular complexity index is 918. The molecule has 30 heavy (non-hydrogen) atoms. The highest BCUT2D eigenvalue weighted by atomic mass is 127. The molecular weight excluding hydrogens is 515 g/mol. The summed E-state index contributed by atoms with van der Waals surface area (Å²) in [6.45, 7) is 3.43. The average Bonchev–Trinajstić information content (AvgIpc) is 2.76. The van der Waals surface area contributed by atoms with Crippen molar-refractivity contribution >= 4 is 40.0 Å². The molecule has 2 aromatic rings. The fourth-order valence-electron chi connectivity index (χ4n) is 2.85. The van der Waals surface area contributed by atoms with Gasteiger partial charge in [-0.05, 0) is 54.8 Å². The van der Waals surface area contributed by atoms with Gasteiger partial charge in [-0.15, -0.1) is 24.0 Å². The van der Waals surface area contributed by atoms with Crippen molar-refractivity contribution in [2.45, 2.75) is 30.7 Å². The van der Waals surface area contributed by atoms with Crippen molar-refractivity contribution in [3.8, 4) is 5.75 Å². The molecule has 0 amide bonds. The molecule has 1 atom stereocenters. The Morgan fingerprint density at radius 3 is 2.43 bits per heavy atom. The van der Waals surface area contributed by atoms with Gasteiger partial charge in [-0.25, -0.2) is 13.1 Å². The first-order valence-electron chi connectivity index (χ1n) is 9.50. The summed E-state index contributed by atoms with van der Waals surface area (Å²) in [6, 6.07) is 14.9. The summed E-state index contributed by atoms with van der Waals surface area (Å²) in [5.41, 5.74) is 2.12. The molecule has 0 fully saturated rings. The number of ether oxygens (including phenoxy) is 1. The first kappa shape index (κ1) is 26.2. The number of benzene rings is 2. The van der Waals surface area contributed by atoms with Crippen LogP contribution >= 0.6 is 24.0 Å². The van der Waals surface area contributed by atoms with Crippen molar-refractivity contribution in [2.75, 3.05) is 27.7 Å². The summed E-state index contributed by atoms with van der Waals surface area (Å²) in [5.74, 6) is 1.93. The molecule has 3 N–H and O–H groups in total. The molecule has 0 aliphatic carbocycles. The van der Waals surface area contributed by atoms with Crippen LogP contribution in [0.25, 0.3) is 0 Å². The summed E-state index contributed by atoms with van der Waals surface area (Å²) in [4.78, 5) is 4.48. The van der Waals surface area contributed by atoms with Gasteiger partial charge in [0.05, 0.1) is 12.0 Å². The Kier molecular flexibility index (Phi) is 11.1. The van der Waals surface area contributed by atoms with E-state index in [1.165, 1.54) is 12.6 Å². The lowest BCUT2D eigenvalue weighted by Crippen LogP contribution is -2.37. The van der Waals surface area contributed by atoms with E-state index >= 15 is 0 Å². The number of halogens is 1. The predicted octanol–water partition coefficient (Wildman–Crippen LogP) is 3.08. The highest BCUT2D eigenvalue weighted by Gasteiger charge is 2.11. The Hall–Kier alpha value is -1.85. The zero-order valence-electron chi connectivity index (χ0n) is 17.8. The largest absolute Gasteiger partial charge is 0.497 e. The average molecular weight is 546 g/mol. The molecule has 2 aromatic carbocycles. The minimum atomic E-state index is -3.45. The second-order valence-corrected chi connectivity index (χ2v) is 8.56. The molecule has 7 nitrogen and oxygen atoms in total. The Morgan fingerprint density at radius 1 is 1.13 bits per heavy atom. The van der Waals surface area contributed by atoms with Crippen LogP contribution in [0.15, 0.2) is 58.4 Å². The van der Waals surface area contributed by atoms with Crippen molar-refractivity contribution in [3.05, 3.63) is 59.7 Å². The van der Waals surface area contributed by atoms with Gasteiger partial charge in [-0.1, -0.05) is 31.2 Å². The molecule has 0 saturated carbocycles. The van der Waals surface area contributed by atoms with Crippen molar-refractivity contribution in [1.82, 2.24) is 15.4 Å². The van der Waals surface area contributed by atoms with Gasteiger partial charge in [0, 0.05) is 20.1 Å². The van der Waals surface area contributed by atoms with E-state index < -0.39 is 10.0 Å². The smallest absolute Gasteiger partial charge is 0.240 e. The minimum absolute atomic E-state index is 0. The number of aliphatic imine (C=N–C) groups is 1. The summed E-state index contributed by atoms with van der Waals surface area (Å²) in [7, 11) is 1.33. The van der Waals surface area contributed by atoms with Crippen molar-refractivity contribution in [3.63, 3.8) is 0 Å². The molecule has 9 heteroatoms. The Morgan fingerprint density at radius 2 is 1.83 bits per heavy atom. The molecule has 0 spiro atoms. The van der Waals surface area contributed by atoms with Crippen molar-refractivity contribution in [2.24, 2.45) is 4.99 Å². The monoisotopic (exact) mass is 546 g/mol. The first-order valence-corrected chi connectivity index (χ1v) is 11.0. The maximum atomic E-state index is 11.9. The van der Waals surface area contributed by atoms with Crippen molar-refractivity contribution in [1.29, 1.82) is 0 Å². The van der Waals surface area contributed by atoms with E-state index in [1.54, 1.807) is 32.4 Å². The summed E-state index contributed by atoms with van der Waals surface area (Å²) in [5, 5.41) is 6.52. The highest BCUT2D eigenvalue weighted by Crippen LogP contribution is 2.21. The van der Waals surface area contributed by atoms with E-state index in [2.05, 4.69) is 39.4 Å². The van der Waals surface area contributed by atoms with E-state index in [-0.39, 0.29) is 28.9 Å². The summed E-state index contributed by atoms with van der Waals surface area (Å²) >= 11 is 0. The topological polar surface area (TPSA) is 91.8 Å². The van der Waals surface area contributed by atoms with Gasteiger partial charge in [-0.3, -0.25) is 4.99 Å². The lowest BCUT2D eigenvalue weighted by Gasteiger charge is -2.16. The number of sulfonamides is 1. The third-order valence-electron chi connectivity index (χ3n) is 4.72. The number of hydrogen-bond acceptors (Lipinski definition) is 4. The number of rotatable bonds is 9. The van der Waals surface area contributed by atoms with E-state index in [1.807, 2.05) is 18.2 Å². The van der Waals surface area contributed by atoms with Crippen LogP contribution in [-0.4, -0.2) is 42.1 Å². The molecule has 0 aromatic heterocycles. The maximum absolute atomic E-state index is 11.9. The van der Waals surface area contributed by atoms with Crippen LogP contribution in [0.4, 0.5) is 0 Å². The zero-order chi connectivity index (χ0) is 21.3. The molecule has 0 bridgehead atoms. The Labute approximate surface area is 196 Å². The van der Waals surface area contributed by atoms with Crippen molar-refractivity contribution < 1.29 is 13.2 Å². The van der Waals surface area contributed by atoms with Crippen LogP contribution in [0.1, 0.15) is 30.4 Å². The standard InChI is InChI=1S/C21H30N4O3S.HI/c1-16(18-8-10-19(28-4)11-9-18)12-13-24-21(22-2)25-15-17-6-5-7-20(14-17)29(26,27)23-3;/h5-11,14,16,23H,12-13,15H2,1-4H3,(H2,22,24,25);1H. The number of guanidine groups is 1. The number of nitrogens with one attached hydrogen (secondary N) is 3. The zero-order valence-corrected chi connectivity index (χ0v) is 21.0. The fraction of sp³-hybridized carbons (Fsp3) is 0.381. The second kappa shape index (κ2) is 12.8. The third-order valence-corrected chi connectivity index (χ3v) is 6.13. The van der Waals surface area contributed by atoms with Gasteiger partial charge < -0.3 is 15.4 Å². The van der Waals surface area contributed by atoms with E-state index in [0.717, 1.165) is 24.3 Å². The first-order chi connectivity index (χ1) is 13.9. The van der Waals surface area contributed by atoms with Crippen LogP contribution in [0.2, 0.25) is 0 Å². The SMILES string of the molecule is CN=C(NCCC(C)c1ccc(OC)cc1)NCc1cccc(S(=O)(=O)NC)c1.I. The lowest BCUT2D eigenvalue weighted by molar-refractivity contribution is 0.414. The van der Waals surface area contributed by atoms with E-state index in [9.17, 15) is 8.42 Å². The summed E-state index contributed by atoms with van der Waals surface area (Å²) in [6.07, 6.45) is 0.947. The normalized spacial score (nSPS) is 12.6. The van der Waals surface area contributed by atoms with Gasteiger partial charge >= 0.3 is 0 Å². The van der Waals surface area contributed by atoms with Gasteiger partial charge in [-0.2, -0.15) is 0 Å². The molecule has 0 aliphatic rings. The van der Waals surface area contributed by atoms with E-state index in [0.29, 0.717) is 18.4 Å². The third kappa shape index (κ3) is 7.77. The van der Waals surface area contributed by atoms with Crippen LogP contribution in [0, 0.1) is 0 Å². The van der Waals surface area contributed by atoms with E-state index in [4.69, 9.17) is 4.74 Å². The molecule has 0 aliphatic heterocycles. The molecular formula is C21H31IN4O3S. The van der Waals surface area contributed by atoms with Gasteiger partial charge in [0.25, 0.3) is 0 Å². The number of hydrogen-bond donors (Lipinski definition) is 3. The summed E-state index contributed by atoms with van der Waals surface area (Å²) < 4.78 is 31.4. The predicted molar refractivity (Wildman–Crippen MR) is 132 cm³/mol. The fourth-order valence-corrected chi connectivity index (χ4v) is 3.65. The van der Waals surface area contributed by atoms with Crippen LogP contribution < -0.4 is 20.1 Å². The minimum Gasteiger partial charge on any atom is -0.497 e. The molecule has 0 heterocycles. The van der Waals surface area contributed by atoms with Gasteiger partial charge in [0.1, 0.15) is 5.75 Å². The number of nitrogens with zero attached hydrogens (tertiary/aromatic N) is 1. The number of methoxy groups -OCH3 is 1. The molecule has 166 valence electrons. The molecule has 1 unspecified atom stereocenters.